The second-order valence-corrected chi connectivity index (χ2v) is 10.8. The number of carbonyl (C=O) groups excluding carboxylic acids is 1. The van der Waals surface area contributed by atoms with Crippen molar-refractivity contribution in [2.24, 2.45) is 0 Å². The Kier molecular flexibility index (Phi) is 6.87. The van der Waals surface area contributed by atoms with Gasteiger partial charge in [-0.15, -0.1) is 0 Å². The molecule has 0 aliphatic heterocycles. The molecule has 2 aromatic rings. The van der Waals surface area contributed by atoms with Crippen molar-refractivity contribution in [2.75, 3.05) is 5.32 Å². The highest BCUT2D eigenvalue weighted by Crippen LogP contribution is 2.26. The Morgan fingerprint density at radius 3 is 1.81 bits per heavy atom. The van der Waals surface area contributed by atoms with Crippen LogP contribution in [0.2, 0.25) is 0 Å². The van der Waals surface area contributed by atoms with E-state index in [-0.39, 0.29) is 16.8 Å². The van der Waals surface area contributed by atoms with Crippen LogP contribution in [-0.4, -0.2) is 40.3 Å². The third-order valence-corrected chi connectivity index (χ3v) is 7.03. The summed E-state index contributed by atoms with van der Waals surface area (Å²) in [5.74, 6) is -0.475. The summed E-state index contributed by atoms with van der Waals surface area (Å²) in [5, 5.41) is 2.97. The monoisotopic (exact) mass is 487 g/mol. The number of nitrogens with one attached hydrogen (secondary N) is 1. The lowest BCUT2D eigenvalue weighted by atomic mass is 10.1. The van der Waals surface area contributed by atoms with E-state index in [1.807, 2.05) is 0 Å². The number of rotatable bonds is 7. The molecular formula is C18H17NO9S3. The van der Waals surface area contributed by atoms with Crippen molar-refractivity contribution < 1.29 is 39.2 Å². The lowest BCUT2D eigenvalue weighted by molar-refractivity contribution is -0.114. The number of hydrogen-bond donors (Lipinski definition) is 3. The van der Waals surface area contributed by atoms with Crippen molar-refractivity contribution in [2.45, 2.75) is 21.6 Å². The van der Waals surface area contributed by atoms with E-state index in [1.165, 1.54) is 19.1 Å². The zero-order chi connectivity index (χ0) is 23.6. The molecule has 0 heterocycles. The van der Waals surface area contributed by atoms with E-state index in [2.05, 4.69) is 11.9 Å². The summed E-state index contributed by atoms with van der Waals surface area (Å²) in [6.45, 7) is 4.34. The molecule has 31 heavy (non-hydrogen) atoms. The Labute approximate surface area is 179 Å². The van der Waals surface area contributed by atoms with Crippen LogP contribution in [0.15, 0.2) is 63.1 Å². The second-order valence-electron chi connectivity index (χ2n) is 6.13. The van der Waals surface area contributed by atoms with E-state index < -0.39 is 50.7 Å². The molecule has 0 aliphatic carbocycles. The minimum Gasteiger partial charge on any atom is -0.326 e. The number of sulfone groups is 1. The molecule has 10 nitrogen and oxygen atoms in total. The number of benzene rings is 2. The number of hydrogen-bond acceptors (Lipinski definition) is 7. The van der Waals surface area contributed by atoms with E-state index >= 15 is 0 Å². The van der Waals surface area contributed by atoms with Crippen molar-refractivity contribution >= 4 is 53.8 Å². The SMILES string of the molecule is C=CS(=O)(=O)c1ccc(/C=C/c2ccc(NC(C)=O)cc2S(=O)(=O)O)c(S(=O)(=O)O)c1. The van der Waals surface area contributed by atoms with Crippen LogP contribution in [0, 0.1) is 0 Å². The van der Waals surface area contributed by atoms with E-state index in [4.69, 9.17) is 0 Å². The molecule has 0 atom stereocenters. The Morgan fingerprint density at radius 2 is 1.35 bits per heavy atom. The lowest BCUT2D eigenvalue weighted by Gasteiger charge is -2.09. The molecule has 0 saturated carbocycles. The first kappa shape index (κ1) is 24.4. The summed E-state index contributed by atoms with van der Waals surface area (Å²) in [6.07, 6.45) is 2.24. The van der Waals surface area contributed by atoms with Gasteiger partial charge in [-0.1, -0.05) is 30.9 Å². The second kappa shape index (κ2) is 8.72. The summed E-state index contributed by atoms with van der Waals surface area (Å²) in [4.78, 5) is 9.41. The topological polar surface area (TPSA) is 172 Å². The van der Waals surface area contributed by atoms with Crippen molar-refractivity contribution in [3.63, 3.8) is 0 Å². The third-order valence-electron chi connectivity index (χ3n) is 3.87. The van der Waals surface area contributed by atoms with Gasteiger partial charge in [0.1, 0.15) is 9.79 Å². The summed E-state index contributed by atoms with van der Waals surface area (Å²) in [6, 6.07) is 6.49. The zero-order valence-corrected chi connectivity index (χ0v) is 18.3. The van der Waals surface area contributed by atoms with Crippen LogP contribution in [0.4, 0.5) is 5.69 Å². The molecule has 0 radical (unpaired) electrons. The molecule has 0 fully saturated rings. The van der Waals surface area contributed by atoms with Crippen molar-refractivity contribution in [1.82, 2.24) is 0 Å². The summed E-state index contributed by atoms with van der Waals surface area (Å²) < 4.78 is 89.6. The van der Waals surface area contributed by atoms with Gasteiger partial charge in [-0.25, -0.2) is 8.42 Å². The third kappa shape index (κ3) is 6.08. The van der Waals surface area contributed by atoms with Crippen molar-refractivity contribution in [1.29, 1.82) is 0 Å². The molecule has 3 N–H and O–H groups in total. The maximum atomic E-state index is 11.9. The molecule has 0 unspecified atom stereocenters. The van der Waals surface area contributed by atoms with Crippen molar-refractivity contribution in [3.8, 4) is 0 Å². The molecule has 2 rings (SSSR count). The van der Waals surface area contributed by atoms with Crippen molar-refractivity contribution in [3.05, 3.63) is 59.5 Å². The molecule has 0 spiro atoms. The van der Waals surface area contributed by atoms with Gasteiger partial charge in [-0.3, -0.25) is 13.9 Å². The first-order chi connectivity index (χ1) is 14.1. The Hall–Kier alpha value is -2.84. The van der Waals surface area contributed by atoms with Gasteiger partial charge in [0.25, 0.3) is 20.2 Å². The number of anilines is 1. The average molecular weight is 488 g/mol. The van der Waals surface area contributed by atoms with Gasteiger partial charge in [0, 0.05) is 18.0 Å². The Bertz CT molecular complexity index is 1410. The van der Waals surface area contributed by atoms with Gasteiger partial charge < -0.3 is 5.32 Å². The van der Waals surface area contributed by atoms with Crippen LogP contribution in [0.3, 0.4) is 0 Å². The molecular weight excluding hydrogens is 470 g/mol. The number of carbonyl (C=O) groups is 1. The molecule has 2 aromatic carbocycles. The fourth-order valence-electron chi connectivity index (χ4n) is 2.51. The minimum atomic E-state index is -4.85. The van der Waals surface area contributed by atoms with Gasteiger partial charge in [-0.2, -0.15) is 16.8 Å². The summed E-state index contributed by atoms with van der Waals surface area (Å²) >= 11 is 0. The fraction of sp³-hybridized carbons (Fsp3) is 0.0556. The maximum absolute atomic E-state index is 11.9. The molecule has 0 aliphatic rings. The predicted octanol–water partition coefficient (Wildman–Crippen LogP) is 2.23. The summed E-state index contributed by atoms with van der Waals surface area (Å²) in [5.41, 5.74) is -0.131. The fourth-order valence-corrected chi connectivity index (χ4v) is 4.73. The largest absolute Gasteiger partial charge is 0.326 e. The molecule has 166 valence electrons. The van der Waals surface area contributed by atoms with Gasteiger partial charge in [0.2, 0.25) is 5.91 Å². The molecule has 0 bridgehead atoms. The average Bonchev–Trinajstić information content (AvgIpc) is 2.64. The van der Waals surface area contributed by atoms with Crippen LogP contribution in [0.25, 0.3) is 12.2 Å². The minimum absolute atomic E-state index is 0.0688. The van der Waals surface area contributed by atoms with E-state index in [0.717, 1.165) is 36.4 Å². The van der Waals surface area contributed by atoms with Crippen LogP contribution >= 0.6 is 0 Å². The summed E-state index contributed by atoms with van der Waals surface area (Å²) in [7, 11) is -13.6. The maximum Gasteiger partial charge on any atom is 0.295 e. The highest BCUT2D eigenvalue weighted by molar-refractivity contribution is 7.94. The molecule has 0 saturated heterocycles. The zero-order valence-electron chi connectivity index (χ0n) is 15.9. The van der Waals surface area contributed by atoms with E-state index in [1.54, 1.807) is 0 Å². The van der Waals surface area contributed by atoms with Crippen LogP contribution in [-0.2, 0) is 34.9 Å². The quantitative estimate of drug-likeness (QED) is 0.391. The number of amides is 1. The Balaban J connectivity index is 2.64. The standard InChI is InChI=1S/C18H17NO9S3/c1-3-29(21,22)16-9-7-14(18(11-16)31(26,27)28)5-4-13-6-8-15(19-12(2)20)10-17(13)30(23,24)25/h3-11H,1H2,2H3,(H,19,20)(H,23,24,25)(H,26,27,28)/b5-4+. The van der Waals surface area contributed by atoms with Crippen LogP contribution < -0.4 is 5.32 Å². The smallest absolute Gasteiger partial charge is 0.295 e. The van der Waals surface area contributed by atoms with E-state index in [9.17, 15) is 39.2 Å². The van der Waals surface area contributed by atoms with Gasteiger partial charge >= 0.3 is 0 Å². The molecule has 1 amide bonds. The highest BCUT2D eigenvalue weighted by atomic mass is 32.2. The normalized spacial score (nSPS) is 12.6. The molecule has 0 aromatic heterocycles. The van der Waals surface area contributed by atoms with Gasteiger partial charge in [0.15, 0.2) is 9.84 Å². The highest BCUT2D eigenvalue weighted by Gasteiger charge is 2.20. The van der Waals surface area contributed by atoms with Gasteiger partial charge in [0.05, 0.1) is 4.90 Å². The van der Waals surface area contributed by atoms with Crippen LogP contribution in [0.1, 0.15) is 18.1 Å². The lowest BCUT2D eigenvalue weighted by Crippen LogP contribution is -2.08. The molecule has 13 heteroatoms. The van der Waals surface area contributed by atoms with E-state index in [0.29, 0.717) is 5.41 Å². The van der Waals surface area contributed by atoms with Gasteiger partial charge in [-0.05, 0) is 35.4 Å². The van der Waals surface area contributed by atoms with Crippen LogP contribution in [0.5, 0.6) is 0 Å². The first-order valence-electron chi connectivity index (χ1n) is 8.21. The predicted molar refractivity (Wildman–Crippen MR) is 113 cm³/mol. The Morgan fingerprint density at radius 1 is 0.871 bits per heavy atom. The first-order valence-corrected chi connectivity index (χ1v) is 12.6.